The maximum atomic E-state index is 13.5. The zero-order valence-corrected chi connectivity index (χ0v) is 23.3. The number of carboxylic acid groups (broad SMARTS) is 1. The van der Waals surface area contributed by atoms with Gasteiger partial charge in [0.05, 0.1) is 12.4 Å². The number of amides is 3. The number of nitrogens with two attached hydrogens (primary N) is 2. The van der Waals surface area contributed by atoms with Crippen molar-refractivity contribution in [1.29, 1.82) is 0 Å². The predicted molar refractivity (Wildman–Crippen MR) is 151 cm³/mol. The highest BCUT2D eigenvalue weighted by atomic mass is 32.2. The Morgan fingerprint density at radius 2 is 1.57 bits per heavy atom. The molecule has 0 spiro atoms. The van der Waals surface area contributed by atoms with Gasteiger partial charge in [-0.1, -0.05) is 12.1 Å². The van der Waals surface area contributed by atoms with Crippen LogP contribution in [0.25, 0.3) is 0 Å². The molecule has 40 heavy (non-hydrogen) atoms. The molecule has 13 nitrogen and oxygen atoms in total. The van der Waals surface area contributed by atoms with Crippen LogP contribution in [0.5, 0.6) is 5.75 Å². The number of hydrogen-bond donors (Lipinski definition) is 8. The molecule has 0 fully saturated rings. The number of thioether (sulfide) groups is 1. The standard InChI is InChI=1S/C26H39N7O6S/c1-40-11-9-19(28)23(35)32-21(12-16-5-7-18(34)8-6-16)24(36)33-22(13-17-14-29-15-30-17)25(37)31-20(26(38)39)4-2-3-10-27/h5-8,14-15,19-22,34H,2-4,9-13,27-28H2,1H3,(H,29,30)(H,31,37)(H,32,35)(H,33,36)(H,38,39). The lowest BCUT2D eigenvalue weighted by molar-refractivity contribution is -0.142. The molecular formula is C26H39N7O6S. The number of nitrogens with one attached hydrogen (secondary N) is 4. The summed E-state index contributed by atoms with van der Waals surface area (Å²) in [6.07, 6.45) is 6.55. The van der Waals surface area contributed by atoms with E-state index in [0.717, 1.165) is 0 Å². The lowest BCUT2D eigenvalue weighted by Crippen LogP contribution is -2.58. The van der Waals surface area contributed by atoms with E-state index in [1.807, 2.05) is 6.26 Å². The number of imidazole rings is 1. The number of aromatic hydroxyl groups is 1. The normalized spacial score (nSPS) is 14.0. The Bertz CT molecular complexity index is 1080. The van der Waals surface area contributed by atoms with Crippen LogP contribution in [0.4, 0.5) is 0 Å². The third-order valence-corrected chi connectivity index (χ3v) is 6.80. The van der Waals surface area contributed by atoms with E-state index in [0.29, 0.717) is 42.8 Å². The van der Waals surface area contributed by atoms with Crippen molar-refractivity contribution in [3.63, 3.8) is 0 Å². The van der Waals surface area contributed by atoms with E-state index in [-0.39, 0.29) is 25.0 Å². The molecule has 0 saturated carbocycles. The third-order valence-electron chi connectivity index (χ3n) is 6.15. The molecule has 1 heterocycles. The highest BCUT2D eigenvalue weighted by Crippen LogP contribution is 2.12. The Kier molecular flexibility index (Phi) is 14.0. The van der Waals surface area contributed by atoms with Gasteiger partial charge in [0.2, 0.25) is 17.7 Å². The fourth-order valence-electron chi connectivity index (χ4n) is 3.85. The average Bonchev–Trinajstić information content (AvgIpc) is 3.44. The van der Waals surface area contributed by atoms with Crippen LogP contribution in [0.3, 0.4) is 0 Å². The van der Waals surface area contributed by atoms with Crippen molar-refractivity contribution in [3.05, 3.63) is 48.0 Å². The molecule has 14 heteroatoms. The third kappa shape index (κ3) is 11.2. The molecular weight excluding hydrogens is 538 g/mol. The Balaban J connectivity index is 2.25. The van der Waals surface area contributed by atoms with E-state index in [1.54, 1.807) is 12.1 Å². The lowest BCUT2D eigenvalue weighted by Gasteiger charge is -2.25. The number of aliphatic carboxylic acids is 1. The Labute approximate surface area is 237 Å². The van der Waals surface area contributed by atoms with Gasteiger partial charge >= 0.3 is 5.97 Å². The summed E-state index contributed by atoms with van der Waals surface area (Å²) >= 11 is 1.54. The molecule has 1 aromatic heterocycles. The number of benzene rings is 1. The SMILES string of the molecule is CSCCC(N)C(=O)NC(Cc1ccc(O)cc1)C(=O)NC(Cc1cnc[nH]1)C(=O)NC(CCCCN)C(=O)O. The van der Waals surface area contributed by atoms with Gasteiger partial charge in [0.15, 0.2) is 0 Å². The van der Waals surface area contributed by atoms with Crippen LogP contribution in [-0.2, 0) is 32.0 Å². The number of aromatic nitrogens is 2. The number of carboxylic acids is 1. The van der Waals surface area contributed by atoms with Gasteiger partial charge in [-0.05, 0) is 61.9 Å². The number of carbonyl (C=O) groups excluding carboxylic acids is 3. The Hall–Kier alpha value is -3.62. The Morgan fingerprint density at radius 3 is 2.15 bits per heavy atom. The van der Waals surface area contributed by atoms with Gasteiger partial charge in [-0.15, -0.1) is 0 Å². The van der Waals surface area contributed by atoms with Gasteiger partial charge in [0.25, 0.3) is 0 Å². The van der Waals surface area contributed by atoms with E-state index in [4.69, 9.17) is 11.5 Å². The fourth-order valence-corrected chi connectivity index (χ4v) is 4.34. The van der Waals surface area contributed by atoms with Crippen molar-refractivity contribution < 1.29 is 29.4 Å². The first-order chi connectivity index (χ1) is 19.1. The first kappa shape index (κ1) is 32.6. The summed E-state index contributed by atoms with van der Waals surface area (Å²) in [7, 11) is 0. The number of unbranched alkanes of at least 4 members (excludes halogenated alkanes) is 1. The van der Waals surface area contributed by atoms with Crippen molar-refractivity contribution >= 4 is 35.5 Å². The van der Waals surface area contributed by atoms with Crippen LogP contribution in [0.2, 0.25) is 0 Å². The van der Waals surface area contributed by atoms with Crippen LogP contribution in [-0.4, -0.2) is 86.6 Å². The molecule has 0 saturated heterocycles. The second-order valence-corrected chi connectivity index (χ2v) is 10.3. The van der Waals surface area contributed by atoms with E-state index in [9.17, 15) is 29.4 Å². The number of carbonyl (C=O) groups is 4. The van der Waals surface area contributed by atoms with Crippen molar-refractivity contribution in [3.8, 4) is 5.75 Å². The molecule has 2 aromatic rings. The minimum absolute atomic E-state index is 0.000173. The smallest absolute Gasteiger partial charge is 0.326 e. The van der Waals surface area contributed by atoms with E-state index in [2.05, 4.69) is 25.9 Å². The van der Waals surface area contributed by atoms with Crippen molar-refractivity contribution in [2.75, 3.05) is 18.6 Å². The number of phenolic OH excluding ortho intramolecular Hbond substituents is 1. The Morgan fingerprint density at radius 1 is 0.950 bits per heavy atom. The predicted octanol–water partition coefficient (Wildman–Crippen LogP) is -0.351. The molecule has 0 radical (unpaired) electrons. The first-order valence-corrected chi connectivity index (χ1v) is 14.4. The number of phenols is 1. The summed E-state index contributed by atoms with van der Waals surface area (Å²) in [6.45, 7) is 0.397. The van der Waals surface area contributed by atoms with Gasteiger partial charge in [0, 0.05) is 24.7 Å². The summed E-state index contributed by atoms with van der Waals surface area (Å²) in [5, 5.41) is 27.1. The quantitative estimate of drug-likeness (QED) is 0.107. The fraction of sp³-hybridized carbons (Fsp3) is 0.500. The summed E-state index contributed by atoms with van der Waals surface area (Å²) < 4.78 is 0. The zero-order valence-electron chi connectivity index (χ0n) is 22.5. The molecule has 4 unspecified atom stereocenters. The van der Waals surface area contributed by atoms with Crippen LogP contribution >= 0.6 is 11.8 Å². The zero-order chi connectivity index (χ0) is 29.5. The van der Waals surface area contributed by atoms with Gasteiger partial charge < -0.3 is 42.6 Å². The highest BCUT2D eigenvalue weighted by Gasteiger charge is 2.31. The maximum absolute atomic E-state index is 13.5. The molecule has 3 amide bonds. The maximum Gasteiger partial charge on any atom is 0.326 e. The van der Waals surface area contributed by atoms with E-state index >= 15 is 0 Å². The van der Waals surface area contributed by atoms with Crippen LogP contribution < -0.4 is 27.4 Å². The number of H-pyrrole nitrogens is 1. The summed E-state index contributed by atoms with van der Waals surface area (Å²) in [6, 6.07) is 1.87. The van der Waals surface area contributed by atoms with Gasteiger partial charge in [-0.2, -0.15) is 11.8 Å². The monoisotopic (exact) mass is 577 g/mol. The van der Waals surface area contributed by atoms with Crippen molar-refractivity contribution in [2.24, 2.45) is 11.5 Å². The number of hydrogen-bond acceptors (Lipinski definition) is 9. The number of nitrogens with zero attached hydrogens (tertiary/aromatic N) is 1. The average molecular weight is 578 g/mol. The minimum Gasteiger partial charge on any atom is -0.508 e. The molecule has 4 atom stereocenters. The molecule has 1 aromatic carbocycles. The van der Waals surface area contributed by atoms with Crippen LogP contribution in [0.1, 0.15) is 36.9 Å². The summed E-state index contributed by atoms with van der Waals surface area (Å²) in [4.78, 5) is 58.1. The van der Waals surface area contributed by atoms with E-state index in [1.165, 1.54) is 36.4 Å². The number of aromatic amines is 1. The van der Waals surface area contributed by atoms with E-state index < -0.39 is 47.9 Å². The van der Waals surface area contributed by atoms with Crippen LogP contribution in [0, 0.1) is 0 Å². The molecule has 0 aliphatic carbocycles. The molecule has 220 valence electrons. The molecule has 0 aliphatic heterocycles. The molecule has 2 rings (SSSR count). The van der Waals surface area contributed by atoms with Crippen molar-refractivity contribution in [1.82, 2.24) is 25.9 Å². The van der Waals surface area contributed by atoms with Gasteiger partial charge in [-0.25, -0.2) is 9.78 Å². The molecule has 0 aliphatic rings. The lowest BCUT2D eigenvalue weighted by atomic mass is 10.0. The summed E-state index contributed by atoms with van der Waals surface area (Å²) in [5.74, 6) is -2.38. The second-order valence-electron chi connectivity index (χ2n) is 9.35. The summed E-state index contributed by atoms with van der Waals surface area (Å²) in [5.41, 5.74) is 12.7. The number of rotatable bonds is 18. The van der Waals surface area contributed by atoms with Crippen molar-refractivity contribution in [2.45, 2.75) is 62.7 Å². The first-order valence-electron chi connectivity index (χ1n) is 13.0. The molecule has 0 bridgehead atoms. The van der Waals surface area contributed by atoms with Gasteiger partial charge in [-0.3, -0.25) is 14.4 Å². The highest BCUT2D eigenvalue weighted by molar-refractivity contribution is 7.98. The molecule has 10 N–H and O–H groups in total. The second kappa shape index (κ2) is 17.2. The topological polar surface area (TPSA) is 226 Å². The van der Waals surface area contributed by atoms with Crippen LogP contribution in [0.15, 0.2) is 36.8 Å². The van der Waals surface area contributed by atoms with Gasteiger partial charge in [0.1, 0.15) is 23.9 Å². The minimum atomic E-state index is -1.20. The largest absolute Gasteiger partial charge is 0.508 e.